The molecule has 0 aliphatic carbocycles. The van der Waals surface area contributed by atoms with Crippen LogP contribution in [0.2, 0.25) is 0 Å². The Balaban J connectivity index is 2.96. The van der Waals surface area contributed by atoms with Gasteiger partial charge in [-0.25, -0.2) is 10.2 Å². The molecule has 0 radical (unpaired) electrons. The maximum absolute atomic E-state index is 13.1. The van der Waals surface area contributed by atoms with Gasteiger partial charge in [-0.1, -0.05) is 0 Å². The minimum Gasteiger partial charge on any atom is -0.406 e. The van der Waals surface area contributed by atoms with E-state index in [1.807, 2.05) is 0 Å². The van der Waals surface area contributed by atoms with Crippen LogP contribution >= 0.6 is 0 Å². The molecule has 1 amide bonds. The summed E-state index contributed by atoms with van der Waals surface area (Å²) in [7, 11) is 0. The molecule has 0 aliphatic heterocycles. The van der Waals surface area contributed by atoms with Gasteiger partial charge in [0.25, 0.3) is 5.91 Å². The molecule has 0 saturated heterocycles. The minimum atomic E-state index is -4.91. The van der Waals surface area contributed by atoms with Crippen LogP contribution in [0, 0.1) is 5.82 Å². The number of rotatable bonds is 2. The monoisotopic (exact) mass is 238 g/mol. The lowest BCUT2D eigenvalue weighted by Crippen LogP contribution is -2.30. The molecule has 0 unspecified atom stereocenters. The van der Waals surface area contributed by atoms with Gasteiger partial charge in [0, 0.05) is 6.07 Å². The van der Waals surface area contributed by atoms with Crippen molar-refractivity contribution in [2.75, 3.05) is 0 Å². The number of halogens is 4. The molecule has 0 atom stereocenters. The summed E-state index contributed by atoms with van der Waals surface area (Å²) >= 11 is 0. The van der Waals surface area contributed by atoms with E-state index in [-0.39, 0.29) is 0 Å². The number of amides is 1. The first kappa shape index (κ1) is 12.2. The van der Waals surface area contributed by atoms with Crippen LogP contribution in [-0.4, -0.2) is 12.3 Å². The van der Waals surface area contributed by atoms with Gasteiger partial charge in [-0.2, -0.15) is 0 Å². The number of nitrogens with two attached hydrogens (primary N) is 1. The molecule has 1 rings (SSSR count). The first-order valence-electron chi connectivity index (χ1n) is 3.90. The van der Waals surface area contributed by atoms with Gasteiger partial charge in [0.15, 0.2) is 0 Å². The van der Waals surface area contributed by atoms with Crippen molar-refractivity contribution >= 4 is 5.91 Å². The Bertz CT molecular complexity index is 406. The lowest BCUT2D eigenvalue weighted by atomic mass is 10.2. The third-order valence-corrected chi connectivity index (χ3v) is 1.55. The lowest BCUT2D eigenvalue weighted by molar-refractivity contribution is -0.274. The average Bonchev–Trinajstić information content (AvgIpc) is 2.14. The topological polar surface area (TPSA) is 64.3 Å². The van der Waals surface area contributed by atoms with Gasteiger partial charge in [0.05, 0.1) is 5.56 Å². The predicted octanol–water partition coefficient (Wildman–Crippen LogP) is 1.33. The third kappa shape index (κ3) is 3.09. The summed E-state index contributed by atoms with van der Waals surface area (Å²) in [5.74, 6) is 1.87. The van der Waals surface area contributed by atoms with Gasteiger partial charge < -0.3 is 4.74 Å². The van der Waals surface area contributed by atoms with E-state index < -0.39 is 29.4 Å². The van der Waals surface area contributed by atoms with Gasteiger partial charge in [-0.05, 0) is 12.1 Å². The highest BCUT2D eigenvalue weighted by molar-refractivity contribution is 5.94. The lowest BCUT2D eigenvalue weighted by Gasteiger charge is -2.09. The number of hydrogen-bond acceptors (Lipinski definition) is 3. The predicted molar refractivity (Wildman–Crippen MR) is 44.7 cm³/mol. The van der Waals surface area contributed by atoms with E-state index in [0.29, 0.717) is 6.07 Å². The number of carbonyl (C=O) groups is 1. The smallest absolute Gasteiger partial charge is 0.406 e. The molecule has 3 N–H and O–H groups in total. The summed E-state index contributed by atoms with van der Waals surface area (Å²) in [4.78, 5) is 10.9. The van der Waals surface area contributed by atoms with Gasteiger partial charge in [-0.15, -0.1) is 13.2 Å². The highest BCUT2D eigenvalue weighted by Crippen LogP contribution is 2.24. The second kappa shape index (κ2) is 4.35. The molecule has 1 aromatic carbocycles. The molecule has 0 aliphatic rings. The zero-order valence-corrected chi connectivity index (χ0v) is 7.64. The fourth-order valence-corrected chi connectivity index (χ4v) is 0.955. The SMILES string of the molecule is NNC(=O)c1ccc(OC(F)(F)F)cc1F. The number of nitrogen functional groups attached to an aromatic ring is 1. The third-order valence-electron chi connectivity index (χ3n) is 1.55. The normalized spacial score (nSPS) is 11.1. The van der Waals surface area contributed by atoms with Crippen molar-refractivity contribution in [2.45, 2.75) is 6.36 Å². The molecular formula is C8H6F4N2O2. The maximum atomic E-state index is 13.1. The Hall–Kier alpha value is -1.83. The second-order valence-corrected chi connectivity index (χ2v) is 2.66. The first-order chi connectivity index (χ1) is 7.33. The molecule has 0 fully saturated rings. The summed E-state index contributed by atoms with van der Waals surface area (Å²) in [6.07, 6.45) is -4.91. The van der Waals surface area contributed by atoms with E-state index in [2.05, 4.69) is 4.74 Å². The molecule has 88 valence electrons. The van der Waals surface area contributed by atoms with E-state index in [1.54, 1.807) is 5.43 Å². The first-order valence-corrected chi connectivity index (χ1v) is 3.90. The molecule has 0 saturated carbocycles. The Kier molecular flexibility index (Phi) is 3.33. The van der Waals surface area contributed by atoms with Crippen LogP contribution in [0.4, 0.5) is 17.6 Å². The van der Waals surface area contributed by atoms with Crippen LogP contribution in [-0.2, 0) is 0 Å². The Morgan fingerprint density at radius 3 is 2.44 bits per heavy atom. The quantitative estimate of drug-likeness (QED) is 0.353. The van der Waals surface area contributed by atoms with Crippen molar-refractivity contribution in [3.63, 3.8) is 0 Å². The maximum Gasteiger partial charge on any atom is 0.573 e. The van der Waals surface area contributed by atoms with E-state index in [9.17, 15) is 22.4 Å². The van der Waals surface area contributed by atoms with Crippen LogP contribution in [0.3, 0.4) is 0 Å². The summed E-state index contributed by atoms with van der Waals surface area (Å²) in [6.45, 7) is 0. The van der Waals surface area contributed by atoms with Crippen LogP contribution < -0.4 is 16.0 Å². The number of hydrogen-bond donors (Lipinski definition) is 2. The Labute approximate surface area is 87.0 Å². The molecule has 1 aromatic rings. The van der Waals surface area contributed by atoms with Gasteiger partial charge in [-0.3, -0.25) is 10.2 Å². The van der Waals surface area contributed by atoms with Crippen molar-refractivity contribution in [1.29, 1.82) is 0 Å². The molecule has 0 bridgehead atoms. The standard InChI is InChI=1S/C8H6F4N2O2/c9-6-3-4(16-8(10,11)12)1-2-5(6)7(15)14-13/h1-3H,13H2,(H,14,15). The number of carbonyl (C=O) groups excluding carboxylic acids is 1. The fraction of sp³-hybridized carbons (Fsp3) is 0.125. The average molecular weight is 238 g/mol. The summed E-state index contributed by atoms with van der Waals surface area (Å²) in [5.41, 5.74) is 1.17. The summed E-state index contributed by atoms with van der Waals surface area (Å²) in [6, 6.07) is 2.08. The zero-order chi connectivity index (χ0) is 12.3. The minimum absolute atomic E-state index is 0.443. The molecule has 8 heteroatoms. The number of hydrazine groups is 1. The van der Waals surface area contributed by atoms with E-state index >= 15 is 0 Å². The van der Waals surface area contributed by atoms with Gasteiger partial charge in [0.2, 0.25) is 0 Å². The van der Waals surface area contributed by atoms with E-state index in [0.717, 1.165) is 12.1 Å². The van der Waals surface area contributed by atoms with Crippen molar-refractivity contribution in [1.82, 2.24) is 5.43 Å². The van der Waals surface area contributed by atoms with Gasteiger partial charge in [0.1, 0.15) is 11.6 Å². The molecule has 4 nitrogen and oxygen atoms in total. The van der Waals surface area contributed by atoms with Crippen molar-refractivity contribution < 1.29 is 27.1 Å². The fourth-order valence-electron chi connectivity index (χ4n) is 0.955. The van der Waals surface area contributed by atoms with Crippen LogP contribution in [0.15, 0.2) is 18.2 Å². The van der Waals surface area contributed by atoms with Crippen molar-refractivity contribution in [3.05, 3.63) is 29.6 Å². The molecule has 0 aromatic heterocycles. The summed E-state index contributed by atoms with van der Waals surface area (Å²) in [5, 5.41) is 0. The molecule has 0 spiro atoms. The summed E-state index contributed by atoms with van der Waals surface area (Å²) < 4.78 is 51.8. The highest BCUT2D eigenvalue weighted by atomic mass is 19.4. The van der Waals surface area contributed by atoms with E-state index in [4.69, 9.17) is 5.84 Å². The Morgan fingerprint density at radius 2 is 2.00 bits per heavy atom. The number of alkyl halides is 3. The number of nitrogens with one attached hydrogen (secondary N) is 1. The van der Waals surface area contributed by atoms with Crippen molar-refractivity contribution in [2.24, 2.45) is 5.84 Å². The zero-order valence-electron chi connectivity index (χ0n) is 7.64. The number of benzene rings is 1. The molecular weight excluding hydrogens is 232 g/mol. The van der Waals surface area contributed by atoms with E-state index in [1.165, 1.54) is 0 Å². The molecule has 0 heterocycles. The van der Waals surface area contributed by atoms with Crippen LogP contribution in [0.5, 0.6) is 5.75 Å². The van der Waals surface area contributed by atoms with Crippen molar-refractivity contribution in [3.8, 4) is 5.75 Å². The van der Waals surface area contributed by atoms with Crippen LogP contribution in [0.25, 0.3) is 0 Å². The second-order valence-electron chi connectivity index (χ2n) is 2.66. The number of ether oxygens (including phenoxy) is 1. The molecule has 16 heavy (non-hydrogen) atoms. The van der Waals surface area contributed by atoms with Gasteiger partial charge >= 0.3 is 6.36 Å². The Morgan fingerprint density at radius 1 is 1.38 bits per heavy atom. The van der Waals surface area contributed by atoms with Crippen LogP contribution in [0.1, 0.15) is 10.4 Å². The highest BCUT2D eigenvalue weighted by Gasteiger charge is 2.31. The largest absolute Gasteiger partial charge is 0.573 e.